The zero-order valence-corrected chi connectivity index (χ0v) is 12.2. The monoisotopic (exact) mass is 300 g/mol. The molecule has 0 saturated heterocycles. The summed E-state index contributed by atoms with van der Waals surface area (Å²) in [6, 6.07) is 1.86. The highest BCUT2D eigenvalue weighted by molar-refractivity contribution is 7.85. The van der Waals surface area contributed by atoms with Crippen molar-refractivity contribution in [2.45, 2.75) is 20.4 Å². The second-order valence-electron chi connectivity index (χ2n) is 4.19. The van der Waals surface area contributed by atoms with Gasteiger partial charge in [-0.05, 0) is 36.0 Å². The minimum absolute atomic E-state index is 0.125. The Hall–Kier alpha value is -1.38. The fraction of sp³-hybridized carbons (Fsp3) is 0.364. The summed E-state index contributed by atoms with van der Waals surface area (Å²) >= 11 is 1.42. The second kappa shape index (κ2) is 5.32. The van der Waals surface area contributed by atoms with Gasteiger partial charge in [0, 0.05) is 11.6 Å². The Bertz CT molecular complexity index is 678. The lowest BCUT2D eigenvalue weighted by Crippen LogP contribution is -2.40. The molecule has 6 nitrogen and oxygen atoms in total. The van der Waals surface area contributed by atoms with Gasteiger partial charge in [-0.1, -0.05) is 4.68 Å². The zero-order valence-electron chi connectivity index (χ0n) is 10.6. The van der Waals surface area contributed by atoms with E-state index in [1.807, 2.05) is 19.9 Å². The lowest BCUT2D eigenvalue weighted by Gasteiger charge is -1.98. The molecule has 2 heterocycles. The van der Waals surface area contributed by atoms with E-state index in [0.717, 1.165) is 21.7 Å². The van der Waals surface area contributed by atoms with Crippen molar-refractivity contribution >= 4 is 21.7 Å². The minimum atomic E-state index is -3.96. The first-order valence-electron chi connectivity index (χ1n) is 5.61. The number of aryl methyl sites for hydroxylation is 2. The molecule has 0 radical (unpaired) electrons. The quantitative estimate of drug-likeness (QED) is 0.672. The maximum atomic E-state index is 10.6. The summed E-state index contributed by atoms with van der Waals surface area (Å²) in [6.45, 7) is 4.09. The maximum Gasteiger partial charge on any atom is 0.271 e. The number of hydrogen-bond acceptors (Lipinski definition) is 5. The molecule has 0 aliphatic heterocycles. The van der Waals surface area contributed by atoms with Gasteiger partial charge in [0.05, 0.1) is 10.6 Å². The van der Waals surface area contributed by atoms with Gasteiger partial charge in [0.15, 0.2) is 12.7 Å². The molecule has 0 aliphatic rings. The Labute approximate surface area is 115 Å². The normalized spacial score (nSPS) is 11.7. The van der Waals surface area contributed by atoms with E-state index in [1.54, 1.807) is 12.4 Å². The first-order valence-corrected chi connectivity index (χ1v) is 7.99. The van der Waals surface area contributed by atoms with E-state index in [2.05, 4.69) is 9.47 Å². The summed E-state index contributed by atoms with van der Waals surface area (Å²) in [5.74, 6) is -0.345. The Morgan fingerprint density at radius 1 is 1.42 bits per heavy atom. The van der Waals surface area contributed by atoms with E-state index in [4.69, 9.17) is 4.55 Å². The summed E-state index contributed by atoms with van der Waals surface area (Å²) in [5.41, 5.74) is 3.08. The second-order valence-corrected chi connectivity index (χ2v) is 6.53. The number of aromatic nitrogens is 3. The zero-order chi connectivity index (χ0) is 14.0. The summed E-state index contributed by atoms with van der Waals surface area (Å²) in [4.78, 5) is 1.06. The standard InChI is InChI=1S/C11H13N3O3S2/c1-8-9(2)13-18-11(8)10-3-4-14(12-7-10)5-6-19(15,16)17/h3-4,7H,5-6H2,1-2H3/p+1. The van der Waals surface area contributed by atoms with Gasteiger partial charge in [-0.3, -0.25) is 4.55 Å². The highest BCUT2D eigenvalue weighted by Gasteiger charge is 2.13. The predicted octanol–water partition coefficient (Wildman–Crippen LogP) is 0.997. The largest absolute Gasteiger partial charge is 0.285 e. The Morgan fingerprint density at radius 2 is 2.16 bits per heavy atom. The molecule has 0 spiro atoms. The van der Waals surface area contributed by atoms with E-state index < -0.39 is 10.1 Å². The van der Waals surface area contributed by atoms with Gasteiger partial charge in [-0.15, -0.1) is 0 Å². The van der Waals surface area contributed by atoms with Crippen LogP contribution in [0.5, 0.6) is 0 Å². The van der Waals surface area contributed by atoms with Crippen LogP contribution in [0.2, 0.25) is 0 Å². The molecule has 102 valence electrons. The van der Waals surface area contributed by atoms with Crippen LogP contribution in [0.1, 0.15) is 11.3 Å². The van der Waals surface area contributed by atoms with Crippen molar-refractivity contribution < 1.29 is 17.7 Å². The van der Waals surface area contributed by atoms with Crippen LogP contribution in [0.4, 0.5) is 0 Å². The van der Waals surface area contributed by atoms with Crippen LogP contribution in [0, 0.1) is 13.8 Å². The van der Waals surface area contributed by atoms with Gasteiger partial charge in [0.2, 0.25) is 0 Å². The lowest BCUT2D eigenvalue weighted by molar-refractivity contribution is -0.750. The predicted molar refractivity (Wildman–Crippen MR) is 71.4 cm³/mol. The maximum absolute atomic E-state index is 10.6. The van der Waals surface area contributed by atoms with E-state index in [-0.39, 0.29) is 12.3 Å². The fourth-order valence-electron chi connectivity index (χ4n) is 1.54. The van der Waals surface area contributed by atoms with E-state index in [9.17, 15) is 8.42 Å². The average Bonchev–Trinajstić information content (AvgIpc) is 2.68. The van der Waals surface area contributed by atoms with Crippen LogP contribution in [0.25, 0.3) is 10.4 Å². The SMILES string of the molecule is Cc1nsc(-c2cc[n+](CCS(=O)(=O)O)nc2)c1C. The molecule has 2 rings (SSSR count). The van der Waals surface area contributed by atoms with Crippen molar-refractivity contribution in [3.05, 3.63) is 29.7 Å². The first kappa shape index (κ1) is 14.0. The van der Waals surface area contributed by atoms with Crippen molar-refractivity contribution in [2.75, 3.05) is 5.75 Å². The molecule has 0 amide bonds. The smallest absolute Gasteiger partial charge is 0.271 e. The van der Waals surface area contributed by atoms with Gasteiger partial charge >= 0.3 is 0 Å². The van der Waals surface area contributed by atoms with Crippen molar-refractivity contribution in [2.24, 2.45) is 0 Å². The van der Waals surface area contributed by atoms with Crippen LogP contribution in [-0.4, -0.2) is 28.2 Å². The molecule has 1 N–H and O–H groups in total. The Balaban J connectivity index is 2.17. The van der Waals surface area contributed by atoms with Crippen LogP contribution in [0.15, 0.2) is 18.5 Å². The van der Waals surface area contributed by atoms with Crippen molar-refractivity contribution in [3.8, 4) is 10.4 Å². The van der Waals surface area contributed by atoms with Crippen LogP contribution >= 0.6 is 11.5 Å². The van der Waals surface area contributed by atoms with Crippen molar-refractivity contribution in [1.82, 2.24) is 9.47 Å². The highest BCUT2D eigenvalue weighted by atomic mass is 32.2. The van der Waals surface area contributed by atoms with Gasteiger partial charge in [-0.2, -0.15) is 12.8 Å². The molecule has 0 unspecified atom stereocenters. The molecular formula is C11H14N3O3S2+. The molecule has 0 atom stereocenters. The minimum Gasteiger partial charge on any atom is -0.285 e. The summed E-state index contributed by atoms with van der Waals surface area (Å²) in [5, 5.41) is 4.13. The molecule has 0 aliphatic carbocycles. The van der Waals surface area contributed by atoms with Crippen LogP contribution in [0.3, 0.4) is 0 Å². The first-order chi connectivity index (χ1) is 8.87. The van der Waals surface area contributed by atoms with Crippen LogP contribution < -0.4 is 4.68 Å². The van der Waals surface area contributed by atoms with Crippen molar-refractivity contribution in [3.63, 3.8) is 0 Å². The molecule has 8 heteroatoms. The van der Waals surface area contributed by atoms with Crippen molar-refractivity contribution in [1.29, 1.82) is 0 Å². The Morgan fingerprint density at radius 3 is 2.63 bits per heavy atom. The van der Waals surface area contributed by atoms with Crippen LogP contribution in [-0.2, 0) is 16.7 Å². The highest BCUT2D eigenvalue weighted by Crippen LogP contribution is 2.28. The third kappa shape index (κ3) is 3.55. The number of hydrogen-bond donors (Lipinski definition) is 1. The molecule has 19 heavy (non-hydrogen) atoms. The fourth-order valence-corrected chi connectivity index (χ4v) is 2.84. The Kier molecular flexibility index (Phi) is 3.93. The van der Waals surface area contributed by atoms with Gasteiger partial charge in [-0.25, -0.2) is 0 Å². The van der Waals surface area contributed by atoms with E-state index >= 15 is 0 Å². The summed E-state index contributed by atoms with van der Waals surface area (Å²) < 4.78 is 35.7. The van der Waals surface area contributed by atoms with Gasteiger partial charge in [0.1, 0.15) is 11.9 Å². The molecule has 0 bridgehead atoms. The molecule has 0 saturated carbocycles. The molecule has 2 aromatic heterocycles. The third-order valence-corrected chi connectivity index (χ3v) is 4.56. The lowest BCUT2D eigenvalue weighted by atomic mass is 10.1. The number of nitrogens with zero attached hydrogens (tertiary/aromatic N) is 3. The molecule has 2 aromatic rings. The topological polar surface area (TPSA) is 84.0 Å². The average molecular weight is 300 g/mol. The van der Waals surface area contributed by atoms with Gasteiger partial charge < -0.3 is 0 Å². The van der Waals surface area contributed by atoms with E-state index in [1.165, 1.54) is 16.2 Å². The molecular weight excluding hydrogens is 286 g/mol. The van der Waals surface area contributed by atoms with E-state index in [0.29, 0.717) is 0 Å². The molecule has 0 fully saturated rings. The molecule has 0 aromatic carbocycles. The summed E-state index contributed by atoms with van der Waals surface area (Å²) in [7, 11) is -3.96. The van der Waals surface area contributed by atoms with Gasteiger partial charge in [0.25, 0.3) is 10.1 Å². The number of rotatable bonds is 4. The third-order valence-electron chi connectivity index (χ3n) is 2.77. The summed E-state index contributed by atoms with van der Waals surface area (Å²) in [6.07, 6.45) is 3.36.